The van der Waals surface area contributed by atoms with Crippen molar-refractivity contribution < 1.29 is 19.3 Å². The van der Waals surface area contributed by atoms with Gasteiger partial charge >= 0.3 is 8.53 Å². The van der Waals surface area contributed by atoms with Crippen LogP contribution in [0.4, 0.5) is 0 Å². The van der Waals surface area contributed by atoms with Crippen LogP contribution in [0.1, 0.15) is 63.8 Å². The Morgan fingerprint density at radius 1 is 0.525 bits per heavy atom. The van der Waals surface area contributed by atoms with Crippen molar-refractivity contribution in [2.75, 3.05) is 13.1 Å². The Hall–Kier alpha value is -3.53. The SMILES string of the molecule is CCN(CC)P(Oc1ccc(C(C)(C)c2ccc(O)cc2)cc1)Oc1ccc(C(C)(C)c2ccc(O)cc2)cc1. The fourth-order valence-corrected chi connectivity index (χ4v) is 6.06. The van der Waals surface area contributed by atoms with Gasteiger partial charge in [0.1, 0.15) is 23.0 Å². The molecule has 0 aliphatic rings. The number of aromatic hydroxyl groups is 2. The van der Waals surface area contributed by atoms with Gasteiger partial charge in [-0.05, 0) is 70.8 Å². The van der Waals surface area contributed by atoms with Crippen LogP contribution in [-0.2, 0) is 10.8 Å². The second-order valence-electron chi connectivity index (χ2n) is 11.0. The third-order valence-electron chi connectivity index (χ3n) is 7.66. The molecule has 0 heterocycles. The minimum atomic E-state index is -1.37. The molecule has 0 unspecified atom stereocenters. The normalized spacial score (nSPS) is 12.1. The van der Waals surface area contributed by atoms with E-state index in [0.717, 1.165) is 46.8 Å². The summed E-state index contributed by atoms with van der Waals surface area (Å²) in [5.41, 5.74) is 4.13. The van der Waals surface area contributed by atoms with Crippen molar-refractivity contribution in [3.8, 4) is 23.0 Å². The first kappa shape index (κ1) is 29.5. The van der Waals surface area contributed by atoms with E-state index in [-0.39, 0.29) is 22.3 Å². The topological polar surface area (TPSA) is 62.2 Å². The highest BCUT2D eigenvalue weighted by Crippen LogP contribution is 2.45. The van der Waals surface area contributed by atoms with Crippen molar-refractivity contribution in [1.82, 2.24) is 4.67 Å². The number of phenols is 2. The standard InChI is InChI=1S/C34H40NO4P/c1-7-35(8-2)40(38-31-21-13-27(14-22-31)33(3,4)25-9-17-29(36)18-10-25)39-32-23-15-28(16-24-32)34(5,6)26-11-19-30(37)20-12-26/h9-24,36-37H,7-8H2,1-6H3. The van der Waals surface area contributed by atoms with E-state index in [1.54, 1.807) is 24.3 Å². The van der Waals surface area contributed by atoms with Gasteiger partial charge in [-0.1, -0.05) is 90.1 Å². The van der Waals surface area contributed by atoms with Gasteiger partial charge in [0.25, 0.3) is 0 Å². The maximum atomic E-state index is 9.67. The van der Waals surface area contributed by atoms with Gasteiger partial charge in [-0.2, -0.15) is 0 Å². The molecule has 5 nitrogen and oxygen atoms in total. The summed E-state index contributed by atoms with van der Waals surface area (Å²) in [5.74, 6) is 2.05. The van der Waals surface area contributed by atoms with Crippen LogP contribution >= 0.6 is 8.53 Å². The van der Waals surface area contributed by atoms with E-state index < -0.39 is 8.53 Å². The second kappa shape index (κ2) is 12.3. The maximum absolute atomic E-state index is 9.67. The Morgan fingerprint density at radius 2 is 0.800 bits per heavy atom. The zero-order valence-corrected chi connectivity index (χ0v) is 25.2. The summed E-state index contributed by atoms with van der Waals surface area (Å²) in [6.07, 6.45) is 0. The lowest BCUT2D eigenvalue weighted by atomic mass is 9.78. The molecule has 4 aromatic carbocycles. The van der Waals surface area contributed by atoms with E-state index in [2.05, 4.69) is 70.5 Å². The van der Waals surface area contributed by atoms with E-state index in [4.69, 9.17) is 9.05 Å². The van der Waals surface area contributed by atoms with Gasteiger partial charge in [-0.3, -0.25) is 0 Å². The van der Waals surface area contributed by atoms with Gasteiger partial charge in [0, 0.05) is 23.9 Å². The van der Waals surface area contributed by atoms with Gasteiger partial charge in [-0.15, -0.1) is 0 Å². The molecule has 0 amide bonds. The summed E-state index contributed by atoms with van der Waals surface area (Å²) < 4.78 is 15.1. The first-order chi connectivity index (χ1) is 19.0. The van der Waals surface area contributed by atoms with Crippen molar-refractivity contribution >= 4 is 8.53 Å². The third-order valence-corrected chi connectivity index (χ3v) is 9.42. The minimum absolute atomic E-state index is 0.220. The molecule has 0 radical (unpaired) electrons. The lowest BCUT2D eigenvalue weighted by Crippen LogP contribution is -2.22. The summed E-state index contributed by atoms with van der Waals surface area (Å²) >= 11 is 0. The van der Waals surface area contributed by atoms with Gasteiger partial charge in [-0.25, -0.2) is 4.67 Å². The van der Waals surface area contributed by atoms with Crippen molar-refractivity contribution in [2.45, 2.75) is 52.4 Å². The molecule has 4 aromatic rings. The van der Waals surface area contributed by atoms with Crippen molar-refractivity contribution in [3.63, 3.8) is 0 Å². The van der Waals surface area contributed by atoms with E-state index in [1.165, 1.54) is 0 Å². The van der Waals surface area contributed by atoms with Crippen LogP contribution in [-0.4, -0.2) is 28.0 Å². The fraction of sp³-hybridized carbons (Fsp3) is 0.294. The van der Waals surface area contributed by atoms with Crippen LogP contribution in [0, 0.1) is 0 Å². The number of benzene rings is 4. The lowest BCUT2D eigenvalue weighted by Gasteiger charge is -2.29. The highest BCUT2D eigenvalue weighted by Gasteiger charge is 2.27. The van der Waals surface area contributed by atoms with E-state index in [9.17, 15) is 10.2 Å². The summed E-state index contributed by atoms with van der Waals surface area (Å²) in [5, 5.41) is 19.3. The smallest absolute Gasteiger partial charge is 0.384 e. The molecule has 0 aliphatic carbocycles. The number of hydrogen-bond acceptors (Lipinski definition) is 5. The minimum Gasteiger partial charge on any atom is -0.508 e. The molecule has 4 rings (SSSR count). The molecular formula is C34H40NO4P. The summed E-state index contributed by atoms with van der Waals surface area (Å²) in [4.78, 5) is 0. The Bertz CT molecular complexity index is 1260. The quantitative estimate of drug-likeness (QED) is 0.181. The van der Waals surface area contributed by atoms with Gasteiger partial charge in [0.15, 0.2) is 0 Å². The second-order valence-corrected chi connectivity index (χ2v) is 12.4. The molecule has 6 heteroatoms. The van der Waals surface area contributed by atoms with Crippen molar-refractivity contribution in [1.29, 1.82) is 0 Å². The maximum Gasteiger partial charge on any atom is 0.384 e. The van der Waals surface area contributed by atoms with Crippen molar-refractivity contribution in [3.05, 3.63) is 119 Å². The molecule has 0 saturated heterocycles. The molecule has 0 atom stereocenters. The molecule has 0 aromatic heterocycles. The molecule has 2 N–H and O–H groups in total. The summed E-state index contributed by atoms with van der Waals surface area (Å²) in [7, 11) is -1.37. The average Bonchev–Trinajstić information content (AvgIpc) is 2.95. The lowest BCUT2D eigenvalue weighted by molar-refractivity contribution is 0.371. The summed E-state index contributed by atoms with van der Waals surface area (Å²) in [6, 6.07) is 31.1. The van der Waals surface area contributed by atoms with Crippen molar-refractivity contribution in [2.24, 2.45) is 0 Å². The number of hydrogen-bond donors (Lipinski definition) is 2. The predicted octanol–water partition coefficient (Wildman–Crippen LogP) is 8.78. The monoisotopic (exact) mass is 557 g/mol. The molecule has 0 saturated carbocycles. The molecule has 0 aliphatic heterocycles. The van der Waals surface area contributed by atoms with E-state index in [1.807, 2.05) is 48.5 Å². The van der Waals surface area contributed by atoms with Gasteiger partial charge in [0.05, 0.1) is 0 Å². The first-order valence-electron chi connectivity index (χ1n) is 13.8. The van der Waals surface area contributed by atoms with E-state index >= 15 is 0 Å². The average molecular weight is 558 g/mol. The van der Waals surface area contributed by atoms with Gasteiger partial charge < -0.3 is 19.3 Å². The fourth-order valence-electron chi connectivity index (χ4n) is 4.72. The van der Waals surface area contributed by atoms with Crippen LogP contribution in [0.3, 0.4) is 0 Å². The number of phenolic OH excluding ortho intramolecular Hbond substituents is 2. The number of nitrogens with zero attached hydrogens (tertiary/aromatic N) is 1. The predicted molar refractivity (Wildman–Crippen MR) is 164 cm³/mol. The Morgan fingerprint density at radius 3 is 1.07 bits per heavy atom. The van der Waals surface area contributed by atoms with Gasteiger partial charge in [0.2, 0.25) is 0 Å². The zero-order chi connectivity index (χ0) is 28.9. The zero-order valence-electron chi connectivity index (χ0n) is 24.3. The Labute approximate surface area is 240 Å². The third kappa shape index (κ3) is 6.60. The first-order valence-corrected chi connectivity index (χ1v) is 14.9. The van der Waals surface area contributed by atoms with Crippen LogP contribution < -0.4 is 9.05 Å². The van der Waals surface area contributed by atoms with E-state index in [0.29, 0.717) is 0 Å². The molecule has 210 valence electrons. The Kier molecular flexibility index (Phi) is 9.08. The molecule has 0 spiro atoms. The Balaban J connectivity index is 1.50. The largest absolute Gasteiger partial charge is 0.508 e. The number of rotatable bonds is 11. The van der Waals surface area contributed by atoms with Crippen LogP contribution in [0.2, 0.25) is 0 Å². The molecule has 40 heavy (non-hydrogen) atoms. The van der Waals surface area contributed by atoms with Crippen LogP contribution in [0.25, 0.3) is 0 Å². The highest BCUT2D eigenvalue weighted by molar-refractivity contribution is 7.45. The van der Waals surface area contributed by atoms with Crippen LogP contribution in [0.15, 0.2) is 97.1 Å². The summed E-state index contributed by atoms with van der Waals surface area (Å²) in [6.45, 7) is 14.5. The highest BCUT2D eigenvalue weighted by atomic mass is 31.2. The molecule has 0 bridgehead atoms. The molecular weight excluding hydrogens is 517 g/mol. The molecule has 0 fully saturated rings. The van der Waals surface area contributed by atoms with Crippen LogP contribution in [0.5, 0.6) is 23.0 Å².